The van der Waals surface area contributed by atoms with Crippen molar-refractivity contribution in [2.45, 2.75) is 58.1 Å². The highest BCUT2D eigenvalue weighted by molar-refractivity contribution is 4.99. The van der Waals surface area contributed by atoms with Gasteiger partial charge in [-0.2, -0.15) is 0 Å². The van der Waals surface area contributed by atoms with Gasteiger partial charge in [-0.15, -0.1) is 5.92 Å². The Morgan fingerprint density at radius 3 is 2.87 bits per heavy atom. The highest BCUT2D eigenvalue weighted by Gasteiger charge is 2.21. The molecule has 1 aliphatic rings. The lowest BCUT2D eigenvalue weighted by atomic mass is 10.0. The van der Waals surface area contributed by atoms with Gasteiger partial charge in [-0.25, -0.2) is 0 Å². The maximum absolute atomic E-state index is 9.48. The van der Waals surface area contributed by atoms with Gasteiger partial charge in [-0.05, 0) is 39.7 Å². The lowest BCUT2D eigenvalue weighted by Crippen LogP contribution is -2.37. The number of aliphatic hydroxyl groups is 1. The number of nitrogens with zero attached hydrogens (tertiary/aromatic N) is 1. The van der Waals surface area contributed by atoms with Gasteiger partial charge >= 0.3 is 0 Å². The highest BCUT2D eigenvalue weighted by atomic mass is 16.3. The van der Waals surface area contributed by atoms with Gasteiger partial charge in [0, 0.05) is 6.04 Å². The number of likely N-dealkylation sites (tertiary alicyclic amines) is 1. The molecule has 1 heterocycles. The molecule has 2 unspecified atom stereocenters. The average molecular weight is 209 g/mol. The van der Waals surface area contributed by atoms with Crippen LogP contribution in [0.2, 0.25) is 0 Å². The maximum Gasteiger partial charge on any atom is 0.0603 e. The van der Waals surface area contributed by atoms with Crippen LogP contribution in [0.15, 0.2) is 0 Å². The van der Waals surface area contributed by atoms with Crippen LogP contribution < -0.4 is 0 Å². The van der Waals surface area contributed by atoms with E-state index in [0.717, 1.165) is 19.5 Å². The monoisotopic (exact) mass is 209 g/mol. The summed E-state index contributed by atoms with van der Waals surface area (Å²) in [4.78, 5) is 2.44. The Labute approximate surface area is 93.7 Å². The van der Waals surface area contributed by atoms with E-state index in [4.69, 9.17) is 0 Å². The van der Waals surface area contributed by atoms with Crippen molar-refractivity contribution < 1.29 is 5.11 Å². The molecular formula is C13H23NO. The molecule has 0 aromatic rings. The molecule has 2 atom stereocenters. The zero-order valence-corrected chi connectivity index (χ0v) is 10.00. The minimum Gasteiger partial charge on any atom is -0.393 e. The second-order valence-electron chi connectivity index (χ2n) is 4.49. The van der Waals surface area contributed by atoms with Crippen molar-refractivity contribution >= 4 is 0 Å². The number of hydrogen-bond acceptors (Lipinski definition) is 2. The van der Waals surface area contributed by atoms with E-state index >= 15 is 0 Å². The SMILES string of the molecule is CC#CCN1CCCCCC1CC(C)O. The third kappa shape index (κ3) is 4.68. The van der Waals surface area contributed by atoms with E-state index in [-0.39, 0.29) is 6.10 Å². The smallest absolute Gasteiger partial charge is 0.0603 e. The van der Waals surface area contributed by atoms with E-state index in [1.54, 1.807) is 0 Å². The van der Waals surface area contributed by atoms with Crippen molar-refractivity contribution in [3.8, 4) is 11.8 Å². The second-order valence-corrected chi connectivity index (χ2v) is 4.49. The molecule has 1 aliphatic heterocycles. The van der Waals surface area contributed by atoms with Crippen LogP contribution in [0, 0.1) is 11.8 Å². The topological polar surface area (TPSA) is 23.5 Å². The Bertz CT molecular complexity index is 226. The first kappa shape index (κ1) is 12.5. The van der Waals surface area contributed by atoms with E-state index in [2.05, 4.69) is 16.7 Å². The Morgan fingerprint density at radius 2 is 2.20 bits per heavy atom. The van der Waals surface area contributed by atoms with Crippen LogP contribution in [0.5, 0.6) is 0 Å². The Morgan fingerprint density at radius 1 is 1.40 bits per heavy atom. The van der Waals surface area contributed by atoms with Gasteiger partial charge < -0.3 is 5.11 Å². The quantitative estimate of drug-likeness (QED) is 0.719. The highest BCUT2D eigenvalue weighted by Crippen LogP contribution is 2.19. The summed E-state index contributed by atoms with van der Waals surface area (Å²) in [6, 6.07) is 0.536. The van der Waals surface area contributed by atoms with Crippen LogP contribution in [0.4, 0.5) is 0 Å². The summed E-state index contributed by atoms with van der Waals surface area (Å²) >= 11 is 0. The van der Waals surface area contributed by atoms with Gasteiger partial charge in [-0.1, -0.05) is 18.8 Å². The lowest BCUT2D eigenvalue weighted by molar-refractivity contribution is 0.121. The molecule has 0 amide bonds. The van der Waals surface area contributed by atoms with Crippen molar-refractivity contribution in [2.24, 2.45) is 0 Å². The van der Waals surface area contributed by atoms with Crippen molar-refractivity contribution in [3.05, 3.63) is 0 Å². The molecule has 0 bridgehead atoms. The summed E-state index contributed by atoms with van der Waals surface area (Å²) < 4.78 is 0. The summed E-state index contributed by atoms with van der Waals surface area (Å²) in [5.41, 5.74) is 0. The molecule has 0 aliphatic carbocycles. The van der Waals surface area contributed by atoms with E-state index in [9.17, 15) is 5.11 Å². The summed E-state index contributed by atoms with van der Waals surface area (Å²) in [6.45, 7) is 5.79. The first-order valence-corrected chi connectivity index (χ1v) is 6.05. The van der Waals surface area contributed by atoms with Gasteiger partial charge in [0.2, 0.25) is 0 Å². The van der Waals surface area contributed by atoms with Crippen LogP contribution in [0.1, 0.15) is 46.0 Å². The number of rotatable bonds is 3. The predicted octanol–water partition coefficient (Wildman–Crippen LogP) is 2.03. The van der Waals surface area contributed by atoms with Crippen LogP contribution in [0.25, 0.3) is 0 Å². The van der Waals surface area contributed by atoms with Crippen molar-refractivity contribution in [1.82, 2.24) is 4.90 Å². The minimum atomic E-state index is -0.190. The molecule has 1 N–H and O–H groups in total. The van der Waals surface area contributed by atoms with Crippen molar-refractivity contribution in [1.29, 1.82) is 0 Å². The van der Waals surface area contributed by atoms with Crippen molar-refractivity contribution in [2.75, 3.05) is 13.1 Å². The summed E-state index contributed by atoms with van der Waals surface area (Å²) in [6.07, 6.45) is 5.83. The molecule has 15 heavy (non-hydrogen) atoms. The van der Waals surface area contributed by atoms with Gasteiger partial charge in [-0.3, -0.25) is 4.90 Å². The zero-order valence-electron chi connectivity index (χ0n) is 10.00. The van der Waals surface area contributed by atoms with Crippen LogP contribution in [-0.4, -0.2) is 35.2 Å². The molecule has 0 radical (unpaired) electrons. The fourth-order valence-corrected chi connectivity index (χ4v) is 2.29. The summed E-state index contributed by atoms with van der Waals surface area (Å²) in [7, 11) is 0. The van der Waals surface area contributed by atoms with E-state index in [1.807, 2.05) is 13.8 Å². The normalized spacial score (nSPS) is 25.1. The largest absolute Gasteiger partial charge is 0.393 e. The molecule has 0 saturated carbocycles. The molecule has 0 spiro atoms. The predicted molar refractivity (Wildman–Crippen MR) is 63.6 cm³/mol. The standard InChI is InChI=1S/C13H23NO/c1-3-4-9-14-10-7-5-6-8-13(14)11-12(2)15/h12-13,15H,5-11H2,1-2H3. The molecule has 1 fully saturated rings. The van der Waals surface area contributed by atoms with Gasteiger partial charge in [0.05, 0.1) is 12.6 Å². The molecule has 2 heteroatoms. The maximum atomic E-state index is 9.48. The van der Waals surface area contributed by atoms with Crippen molar-refractivity contribution in [3.63, 3.8) is 0 Å². The number of aliphatic hydroxyl groups excluding tert-OH is 1. The summed E-state index contributed by atoms with van der Waals surface area (Å²) in [5.74, 6) is 6.10. The Balaban J connectivity index is 2.52. The van der Waals surface area contributed by atoms with Crippen LogP contribution in [0.3, 0.4) is 0 Å². The van der Waals surface area contributed by atoms with E-state index in [0.29, 0.717) is 6.04 Å². The third-order valence-corrected chi connectivity index (χ3v) is 3.07. The Kier molecular flexibility index (Phi) is 5.75. The van der Waals surface area contributed by atoms with E-state index in [1.165, 1.54) is 25.7 Å². The average Bonchev–Trinajstić information content (AvgIpc) is 2.40. The molecule has 1 rings (SSSR count). The third-order valence-electron chi connectivity index (χ3n) is 3.07. The van der Waals surface area contributed by atoms with Gasteiger partial charge in [0.15, 0.2) is 0 Å². The molecule has 0 aromatic carbocycles. The first-order chi connectivity index (χ1) is 7.24. The van der Waals surface area contributed by atoms with Gasteiger partial charge in [0.25, 0.3) is 0 Å². The van der Waals surface area contributed by atoms with Gasteiger partial charge in [0.1, 0.15) is 0 Å². The lowest BCUT2D eigenvalue weighted by Gasteiger charge is -2.29. The minimum absolute atomic E-state index is 0.190. The zero-order chi connectivity index (χ0) is 11.1. The van der Waals surface area contributed by atoms with Crippen LogP contribution in [-0.2, 0) is 0 Å². The van der Waals surface area contributed by atoms with E-state index < -0.39 is 0 Å². The molecular weight excluding hydrogens is 186 g/mol. The first-order valence-electron chi connectivity index (χ1n) is 6.05. The summed E-state index contributed by atoms with van der Waals surface area (Å²) in [5, 5.41) is 9.48. The fourth-order valence-electron chi connectivity index (χ4n) is 2.29. The molecule has 1 saturated heterocycles. The molecule has 2 nitrogen and oxygen atoms in total. The second kappa shape index (κ2) is 6.87. The molecule has 0 aromatic heterocycles. The number of hydrogen-bond donors (Lipinski definition) is 1. The fraction of sp³-hybridized carbons (Fsp3) is 0.846. The Hall–Kier alpha value is -0.520. The molecule has 86 valence electrons. The van der Waals surface area contributed by atoms with Crippen LogP contribution >= 0.6 is 0 Å².